The zero-order valence-corrected chi connectivity index (χ0v) is 12.8. The van der Waals surface area contributed by atoms with Gasteiger partial charge < -0.3 is 20.0 Å². The average molecular weight is 318 g/mol. The topological polar surface area (TPSA) is 69.9 Å². The normalized spacial score (nSPS) is 10.8. The summed E-state index contributed by atoms with van der Waals surface area (Å²) in [5.41, 5.74) is 3.34. The van der Waals surface area contributed by atoms with Gasteiger partial charge in [0.05, 0.1) is 22.7 Å². The van der Waals surface area contributed by atoms with Crippen molar-refractivity contribution >= 4 is 28.3 Å². The van der Waals surface area contributed by atoms with E-state index in [9.17, 15) is 4.79 Å². The van der Waals surface area contributed by atoms with Gasteiger partial charge >= 0.3 is 5.69 Å². The molecule has 0 aliphatic heterocycles. The molecule has 0 fully saturated rings. The van der Waals surface area contributed by atoms with Crippen molar-refractivity contribution < 1.29 is 4.74 Å². The molecular formula is C16H16ClN3O2. The van der Waals surface area contributed by atoms with Gasteiger partial charge in [0.2, 0.25) is 0 Å². The van der Waals surface area contributed by atoms with E-state index in [4.69, 9.17) is 16.3 Å². The highest BCUT2D eigenvalue weighted by Crippen LogP contribution is 2.26. The van der Waals surface area contributed by atoms with Crippen molar-refractivity contribution in [2.45, 2.75) is 13.5 Å². The molecule has 3 aromatic rings. The zero-order valence-electron chi connectivity index (χ0n) is 12.1. The lowest BCUT2D eigenvalue weighted by Gasteiger charge is -2.09. The summed E-state index contributed by atoms with van der Waals surface area (Å²) in [6, 6.07) is 11.4. The number of aromatic amines is 2. The summed E-state index contributed by atoms with van der Waals surface area (Å²) in [6.07, 6.45) is 0. The fourth-order valence-corrected chi connectivity index (χ4v) is 2.53. The van der Waals surface area contributed by atoms with Crippen LogP contribution >= 0.6 is 11.6 Å². The van der Waals surface area contributed by atoms with E-state index in [1.165, 1.54) is 0 Å². The van der Waals surface area contributed by atoms with Crippen molar-refractivity contribution in [3.63, 3.8) is 0 Å². The quantitative estimate of drug-likeness (QED) is 0.674. The van der Waals surface area contributed by atoms with E-state index in [2.05, 4.69) is 15.3 Å². The Hall–Kier alpha value is -2.40. The lowest BCUT2D eigenvalue weighted by Crippen LogP contribution is -2.00. The molecule has 0 radical (unpaired) electrons. The molecular weight excluding hydrogens is 302 g/mol. The Labute approximate surface area is 132 Å². The van der Waals surface area contributed by atoms with Gasteiger partial charge in [-0.3, -0.25) is 0 Å². The molecule has 0 aliphatic rings. The molecule has 0 saturated carbocycles. The van der Waals surface area contributed by atoms with Crippen LogP contribution in [-0.4, -0.2) is 16.6 Å². The highest BCUT2D eigenvalue weighted by molar-refractivity contribution is 6.32. The number of aromatic nitrogens is 2. The molecule has 0 bridgehead atoms. The number of ether oxygens (including phenoxy) is 1. The molecule has 0 saturated heterocycles. The molecule has 5 nitrogen and oxygen atoms in total. The van der Waals surface area contributed by atoms with Gasteiger partial charge in [0.15, 0.2) is 0 Å². The third kappa shape index (κ3) is 3.09. The summed E-state index contributed by atoms with van der Waals surface area (Å²) in [5.74, 6) is 0.694. The van der Waals surface area contributed by atoms with Crippen LogP contribution in [0.4, 0.5) is 5.69 Å². The summed E-state index contributed by atoms with van der Waals surface area (Å²) in [6.45, 7) is 3.14. The van der Waals surface area contributed by atoms with E-state index in [-0.39, 0.29) is 5.69 Å². The van der Waals surface area contributed by atoms with Crippen molar-refractivity contribution in [3.8, 4) is 5.75 Å². The first-order chi connectivity index (χ1) is 10.7. The molecule has 3 rings (SSSR count). The van der Waals surface area contributed by atoms with Gasteiger partial charge in [-0.25, -0.2) is 4.79 Å². The third-order valence-corrected chi connectivity index (χ3v) is 3.60. The molecule has 114 valence electrons. The monoisotopic (exact) mass is 317 g/mol. The Morgan fingerprint density at radius 3 is 2.73 bits per heavy atom. The number of hydrogen-bond acceptors (Lipinski definition) is 3. The van der Waals surface area contributed by atoms with Crippen LogP contribution < -0.4 is 15.7 Å². The highest BCUT2D eigenvalue weighted by Gasteiger charge is 2.04. The summed E-state index contributed by atoms with van der Waals surface area (Å²) in [4.78, 5) is 16.7. The smallest absolute Gasteiger partial charge is 0.323 e. The molecule has 0 spiro atoms. The van der Waals surface area contributed by atoms with Crippen molar-refractivity contribution in [1.82, 2.24) is 9.97 Å². The Balaban J connectivity index is 1.73. The van der Waals surface area contributed by atoms with Crippen molar-refractivity contribution in [1.29, 1.82) is 0 Å². The number of rotatable bonds is 5. The molecule has 2 aromatic carbocycles. The SMILES string of the molecule is CCOc1ccc(CNc2ccc3[nH]c(=O)[nH]c3c2)cc1Cl. The van der Waals surface area contributed by atoms with Crippen molar-refractivity contribution in [2.75, 3.05) is 11.9 Å². The second kappa shape index (κ2) is 6.15. The van der Waals surface area contributed by atoms with Crippen LogP contribution in [-0.2, 0) is 6.54 Å². The fourth-order valence-electron chi connectivity index (χ4n) is 2.27. The average Bonchev–Trinajstić information content (AvgIpc) is 2.87. The van der Waals surface area contributed by atoms with Crippen LogP contribution in [0.2, 0.25) is 5.02 Å². The first-order valence-corrected chi connectivity index (χ1v) is 7.40. The van der Waals surface area contributed by atoms with Crippen LogP contribution in [0, 0.1) is 0 Å². The standard InChI is InChI=1S/C16H16ClN3O2/c1-2-22-15-6-3-10(7-12(15)17)9-18-11-4-5-13-14(8-11)20-16(21)19-13/h3-8,18H,2,9H2,1H3,(H2,19,20,21). The van der Waals surface area contributed by atoms with E-state index in [1.807, 2.05) is 43.3 Å². The number of halogens is 1. The first-order valence-electron chi connectivity index (χ1n) is 7.03. The largest absolute Gasteiger partial charge is 0.492 e. The van der Waals surface area contributed by atoms with Gasteiger partial charge in [0.25, 0.3) is 0 Å². The van der Waals surface area contributed by atoms with E-state index < -0.39 is 0 Å². The second-order valence-corrected chi connectivity index (χ2v) is 5.30. The van der Waals surface area contributed by atoms with E-state index >= 15 is 0 Å². The second-order valence-electron chi connectivity index (χ2n) is 4.89. The minimum absolute atomic E-state index is 0.203. The molecule has 1 heterocycles. The molecule has 6 heteroatoms. The Bertz CT molecular complexity index is 854. The zero-order chi connectivity index (χ0) is 15.5. The fraction of sp³-hybridized carbons (Fsp3) is 0.188. The van der Waals surface area contributed by atoms with Crippen LogP contribution in [0.5, 0.6) is 5.75 Å². The lowest BCUT2D eigenvalue weighted by atomic mass is 10.2. The first kappa shape index (κ1) is 14.5. The predicted molar refractivity (Wildman–Crippen MR) is 88.9 cm³/mol. The number of anilines is 1. The summed E-state index contributed by atoms with van der Waals surface area (Å²) in [7, 11) is 0. The summed E-state index contributed by atoms with van der Waals surface area (Å²) >= 11 is 6.17. The van der Waals surface area contributed by atoms with Gasteiger partial charge in [-0.05, 0) is 42.8 Å². The number of nitrogens with one attached hydrogen (secondary N) is 3. The number of imidazole rings is 1. The van der Waals surface area contributed by atoms with Crippen LogP contribution in [0.1, 0.15) is 12.5 Å². The number of benzene rings is 2. The van der Waals surface area contributed by atoms with Crippen LogP contribution in [0.25, 0.3) is 11.0 Å². The third-order valence-electron chi connectivity index (χ3n) is 3.31. The Morgan fingerprint density at radius 2 is 1.95 bits per heavy atom. The minimum atomic E-state index is -0.203. The molecule has 3 N–H and O–H groups in total. The molecule has 0 unspecified atom stereocenters. The molecule has 0 atom stereocenters. The maximum absolute atomic E-state index is 11.2. The maximum atomic E-state index is 11.2. The van der Waals surface area contributed by atoms with Gasteiger partial charge in [0.1, 0.15) is 5.75 Å². The number of H-pyrrole nitrogens is 2. The molecule has 0 amide bonds. The van der Waals surface area contributed by atoms with Crippen LogP contribution in [0.3, 0.4) is 0 Å². The van der Waals surface area contributed by atoms with E-state index in [0.717, 1.165) is 22.3 Å². The van der Waals surface area contributed by atoms with Gasteiger partial charge in [-0.2, -0.15) is 0 Å². The lowest BCUT2D eigenvalue weighted by molar-refractivity contribution is 0.340. The molecule has 1 aromatic heterocycles. The van der Waals surface area contributed by atoms with Crippen molar-refractivity contribution in [3.05, 3.63) is 57.5 Å². The predicted octanol–water partition coefficient (Wildman–Crippen LogP) is 3.52. The van der Waals surface area contributed by atoms with Crippen molar-refractivity contribution in [2.24, 2.45) is 0 Å². The Morgan fingerprint density at radius 1 is 1.14 bits per heavy atom. The summed E-state index contributed by atoms with van der Waals surface area (Å²) in [5, 5.41) is 3.91. The molecule has 0 aliphatic carbocycles. The van der Waals surface area contributed by atoms with E-state index in [0.29, 0.717) is 23.9 Å². The highest BCUT2D eigenvalue weighted by atomic mass is 35.5. The van der Waals surface area contributed by atoms with Crippen LogP contribution in [0.15, 0.2) is 41.2 Å². The summed E-state index contributed by atoms with van der Waals surface area (Å²) < 4.78 is 5.42. The molecule has 22 heavy (non-hydrogen) atoms. The van der Waals surface area contributed by atoms with Gasteiger partial charge in [0, 0.05) is 12.2 Å². The maximum Gasteiger partial charge on any atom is 0.323 e. The van der Waals surface area contributed by atoms with E-state index in [1.54, 1.807) is 0 Å². The number of fused-ring (bicyclic) bond motifs is 1. The van der Waals surface area contributed by atoms with Gasteiger partial charge in [-0.1, -0.05) is 17.7 Å². The number of hydrogen-bond donors (Lipinski definition) is 3. The Kier molecular flexibility index (Phi) is 4.06. The minimum Gasteiger partial charge on any atom is -0.492 e. The van der Waals surface area contributed by atoms with Gasteiger partial charge in [-0.15, -0.1) is 0 Å².